The molecule has 224 valence electrons. The highest BCUT2D eigenvalue weighted by Crippen LogP contribution is 2.17. The minimum Gasteiger partial charge on any atom is -0.303 e. The summed E-state index contributed by atoms with van der Waals surface area (Å²) in [5, 5.41) is 0. The van der Waals surface area contributed by atoms with Gasteiger partial charge in [-0.3, -0.25) is 4.79 Å². The third kappa shape index (κ3) is 28.1. The largest absolute Gasteiger partial charge is 0.303 e. The van der Waals surface area contributed by atoms with Crippen molar-refractivity contribution >= 4 is 12.1 Å². The number of ketones is 1. The molecule has 0 bridgehead atoms. The predicted octanol–water partition coefficient (Wildman–Crippen LogP) is 12.3. The lowest BCUT2D eigenvalue weighted by Crippen LogP contribution is -2.15. The molecule has 0 aliphatic carbocycles. The minimum absolute atomic E-state index is 0.187. The Labute approximate surface area is 239 Å². The molecule has 0 saturated carbocycles. The van der Waals surface area contributed by atoms with Crippen LogP contribution in [-0.2, 0) is 9.59 Å². The van der Waals surface area contributed by atoms with Crippen molar-refractivity contribution in [1.29, 1.82) is 0 Å². The van der Waals surface area contributed by atoms with E-state index in [1.807, 2.05) is 0 Å². The maximum absolute atomic E-state index is 12.4. The summed E-state index contributed by atoms with van der Waals surface area (Å²) in [6.45, 7) is 4.55. The maximum Gasteiger partial charge on any atom is 0.143 e. The fourth-order valence-electron chi connectivity index (χ4n) is 5.42. The number of carbonyl (C=O) groups is 2. The van der Waals surface area contributed by atoms with E-state index in [1.54, 1.807) is 0 Å². The van der Waals surface area contributed by atoms with Crippen LogP contribution in [0.15, 0.2) is 12.2 Å². The Kier molecular flexibility index (Phi) is 31.5. The number of hydrogen-bond acceptors (Lipinski definition) is 2. The SMILES string of the molecule is CCCCCCCCC=CCCCCCCC(C=O)C(=O)CCCCCCCCCCCCCCCCC. The molecule has 0 radical (unpaired) electrons. The lowest BCUT2D eigenvalue weighted by molar-refractivity contribution is -0.127. The molecule has 0 aromatic carbocycles. The molecular formula is C36H68O2. The molecule has 1 unspecified atom stereocenters. The molecule has 1 atom stereocenters. The average molecular weight is 533 g/mol. The zero-order chi connectivity index (χ0) is 27.8. The van der Waals surface area contributed by atoms with E-state index >= 15 is 0 Å². The normalized spacial score (nSPS) is 12.4. The number of Topliss-reactive ketones (excluding diaryl/α,β-unsaturated/α-hetero) is 1. The summed E-state index contributed by atoms with van der Waals surface area (Å²) < 4.78 is 0. The van der Waals surface area contributed by atoms with Crippen molar-refractivity contribution < 1.29 is 9.59 Å². The molecule has 0 aliphatic heterocycles. The summed E-state index contributed by atoms with van der Waals surface area (Å²) in [6, 6.07) is 0. The molecule has 0 spiro atoms. The smallest absolute Gasteiger partial charge is 0.143 e. The molecule has 0 aliphatic rings. The van der Waals surface area contributed by atoms with Gasteiger partial charge in [0.15, 0.2) is 0 Å². The quantitative estimate of drug-likeness (QED) is 0.0373. The predicted molar refractivity (Wildman–Crippen MR) is 169 cm³/mol. The van der Waals surface area contributed by atoms with Crippen molar-refractivity contribution in [3.05, 3.63) is 12.2 Å². The van der Waals surface area contributed by atoms with Crippen LogP contribution in [0.5, 0.6) is 0 Å². The molecule has 0 aromatic rings. The van der Waals surface area contributed by atoms with Crippen LogP contribution in [0.1, 0.15) is 200 Å². The molecule has 2 nitrogen and oxygen atoms in total. The van der Waals surface area contributed by atoms with Crippen LogP contribution in [0.4, 0.5) is 0 Å². The first-order chi connectivity index (χ1) is 18.8. The molecule has 0 amide bonds. The van der Waals surface area contributed by atoms with Gasteiger partial charge in [-0.1, -0.05) is 167 Å². The Morgan fingerprint density at radius 3 is 1.21 bits per heavy atom. The van der Waals surface area contributed by atoms with Gasteiger partial charge in [0.05, 0.1) is 5.92 Å². The van der Waals surface area contributed by atoms with E-state index < -0.39 is 0 Å². The summed E-state index contributed by atoms with van der Waals surface area (Å²) in [4.78, 5) is 23.9. The zero-order valence-corrected chi connectivity index (χ0v) is 26.1. The van der Waals surface area contributed by atoms with Crippen LogP contribution in [0.25, 0.3) is 0 Å². The van der Waals surface area contributed by atoms with Crippen LogP contribution in [-0.4, -0.2) is 12.1 Å². The first-order valence-corrected chi connectivity index (χ1v) is 17.4. The fourth-order valence-corrected chi connectivity index (χ4v) is 5.42. The van der Waals surface area contributed by atoms with Crippen LogP contribution < -0.4 is 0 Å². The third-order valence-electron chi connectivity index (χ3n) is 8.13. The molecule has 0 rings (SSSR count). The van der Waals surface area contributed by atoms with Gasteiger partial charge in [0, 0.05) is 6.42 Å². The molecule has 0 heterocycles. The first-order valence-electron chi connectivity index (χ1n) is 17.4. The van der Waals surface area contributed by atoms with Crippen molar-refractivity contribution in [2.75, 3.05) is 0 Å². The van der Waals surface area contributed by atoms with Gasteiger partial charge < -0.3 is 4.79 Å². The zero-order valence-electron chi connectivity index (χ0n) is 26.1. The van der Waals surface area contributed by atoms with E-state index in [4.69, 9.17) is 0 Å². The van der Waals surface area contributed by atoms with Crippen molar-refractivity contribution in [2.24, 2.45) is 5.92 Å². The Hall–Kier alpha value is -0.920. The van der Waals surface area contributed by atoms with Crippen molar-refractivity contribution in [3.63, 3.8) is 0 Å². The molecule has 0 N–H and O–H groups in total. The number of allylic oxidation sites excluding steroid dienone is 2. The van der Waals surface area contributed by atoms with Gasteiger partial charge in [0.25, 0.3) is 0 Å². The monoisotopic (exact) mass is 533 g/mol. The fraction of sp³-hybridized carbons (Fsp3) is 0.889. The Morgan fingerprint density at radius 1 is 0.474 bits per heavy atom. The second-order valence-corrected chi connectivity index (χ2v) is 11.9. The van der Waals surface area contributed by atoms with Gasteiger partial charge in [-0.2, -0.15) is 0 Å². The standard InChI is InChI=1S/C36H68O2/c1-3-5-7-9-11-13-15-17-19-21-23-25-27-29-31-33-36(38)35(34-37)32-30-28-26-24-22-20-18-16-14-12-10-8-6-4-2/h18,20,34-35H,3-17,19,21-33H2,1-2H3. The summed E-state index contributed by atoms with van der Waals surface area (Å²) >= 11 is 0. The van der Waals surface area contributed by atoms with Gasteiger partial charge in [0.2, 0.25) is 0 Å². The van der Waals surface area contributed by atoms with Crippen molar-refractivity contribution in [2.45, 2.75) is 200 Å². The average Bonchev–Trinajstić information content (AvgIpc) is 2.93. The second kappa shape index (κ2) is 32.3. The van der Waals surface area contributed by atoms with Gasteiger partial charge in [-0.05, 0) is 38.5 Å². The number of hydrogen-bond donors (Lipinski definition) is 0. The molecule has 0 aromatic heterocycles. The van der Waals surface area contributed by atoms with Gasteiger partial charge in [0.1, 0.15) is 12.1 Å². The van der Waals surface area contributed by atoms with E-state index in [2.05, 4.69) is 26.0 Å². The van der Waals surface area contributed by atoms with Crippen LogP contribution in [0.3, 0.4) is 0 Å². The lowest BCUT2D eigenvalue weighted by Gasteiger charge is -2.09. The highest BCUT2D eigenvalue weighted by molar-refractivity contribution is 5.93. The molecule has 0 saturated heterocycles. The second-order valence-electron chi connectivity index (χ2n) is 11.9. The Balaban J connectivity index is 3.46. The topological polar surface area (TPSA) is 34.1 Å². The first kappa shape index (κ1) is 37.1. The third-order valence-corrected chi connectivity index (χ3v) is 8.13. The van der Waals surface area contributed by atoms with E-state index in [0.29, 0.717) is 6.42 Å². The number of rotatable bonds is 32. The van der Waals surface area contributed by atoms with Crippen LogP contribution in [0, 0.1) is 5.92 Å². The number of carbonyl (C=O) groups excluding carboxylic acids is 2. The summed E-state index contributed by atoms with van der Waals surface area (Å²) in [6.07, 6.45) is 42.2. The van der Waals surface area contributed by atoms with Gasteiger partial charge in [-0.15, -0.1) is 0 Å². The van der Waals surface area contributed by atoms with E-state index in [9.17, 15) is 9.59 Å². The van der Waals surface area contributed by atoms with Gasteiger partial charge in [-0.25, -0.2) is 0 Å². The maximum atomic E-state index is 12.4. The van der Waals surface area contributed by atoms with Crippen LogP contribution >= 0.6 is 0 Å². The summed E-state index contributed by atoms with van der Waals surface area (Å²) in [5.74, 6) is -0.161. The lowest BCUT2D eigenvalue weighted by atomic mass is 9.94. The van der Waals surface area contributed by atoms with Crippen molar-refractivity contribution in [3.8, 4) is 0 Å². The van der Waals surface area contributed by atoms with Gasteiger partial charge >= 0.3 is 0 Å². The molecular weight excluding hydrogens is 464 g/mol. The minimum atomic E-state index is -0.348. The number of aldehydes is 1. The molecule has 0 fully saturated rings. The van der Waals surface area contributed by atoms with Crippen LogP contribution in [0.2, 0.25) is 0 Å². The molecule has 2 heteroatoms. The van der Waals surface area contributed by atoms with E-state index in [0.717, 1.165) is 38.4 Å². The van der Waals surface area contributed by atoms with E-state index in [1.165, 1.54) is 148 Å². The Bertz CT molecular complexity index is 509. The molecule has 38 heavy (non-hydrogen) atoms. The summed E-state index contributed by atoms with van der Waals surface area (Å²) in [5.41, 5.74) is 0. The highest BCUT2D eigenvalue weighted by Gasteiger charge is 2.16. The Morgan fingerprint density at radius 2 is 0.816 bits per heavy atom. The van der Waals surface area contributed by atoms with E-state index in [-0.39, 0.29) is 11.7 Å². The number of unbranched alkanes of at least 4 members (excludes halogenated alkanes) is 24. The summed E-state index contributed by atoms with van der Waals surface area (Å²) in [7, 11) is 0. The highest BCUT2D eigenvalue weighted by atomic mass is 16.1. The van der Waals surface area contributed by atoms with Crippen molar-refractivity contribution in [1.82, 2.24) is 0 Å².